The Bertz CT molecular complexity index is 311. The lowest BCUT2D eigenvalue weighted by Gasteiger charge is -2.07. The Labute approximate surface area is 83.6 Å². The summed E-state index contributed by atoms with van der Waals surface area (Å²) in [5.74, 6) is 0.715. The van der Waals surface area contributed by atoms with E-state index in [0.29, 0.717) is 12.2 Å². The molecule has 0 saturated carbocycles. The molecule has 1 atom stereocenters. The molecule has 0 saturated heterocycles. The van der Waals surface area contributed by atoms with Crippen LogP contribution in [-0.2, 0) is 6.42 Å². The Morgan fingerprint density at radius 3 is 2.57 bits per heavy atom. The zero-order chi connectivity index (χ0) is 10.4. The van der Waals surface area contributed by atoms with Gasteiger partial charge in [0, 0.05) is 0 Å². The smallest absolute Gasteiger partial charge is 0.119 e. The number of hydrogen-bond acceptors (Lipinski definition) is 3. The highest BCUT2D eigenvalue weighted by Gasteiger charge is 1.98. The summed E-state index contributed by atoms with van der Waals surface area (Å²) < 4.78 is 5.27. The van der Waals surface area contributed by atoms with Gasteiger partial charge in [-0.25, -0.2) is 0 Å². The number of nitrogens with zero attached hydrogens (tertiary/aromatic N) is 1. The summed E-state index contributed by atoms with van der Waals surface area (Å²) >= 11 is 0. The van der Waals surface area contributed by atoms with Crippen LogP contribution in [0.3, 0.4) is 0 Å². The molecule has 0 aliphatic heterocycles. The average molecular weight is 191 g/mol. The van der Waals surface area contributed by atoms with Gasteiger partial charge in [-0.05, 0) is 24.6 Å². The molecule has 0 unspecified atom stereocenters. The van der Waals surface area contributed by atoms with Crippen LogP contribution in [0.4, 0.5) is 0 Å². The second kappa shape index (κ2) is 5.25. The summed E-state index contributed by atoms with van der Waals surface area (Å²) in [6, 6.07) is 9.37. The van der Waals surface area contributed by atoms with Crippen LogP contribution < -0.4 is 4.74 Å². The highest BCUT2D eigenvalue weighted by atomic mass is 16.5. The number of hydrogen-bond donors (Lipinski definition) is 1. The highest BCUT2D eigenvalue weighted by Crippen LogP contribution is 2.12. The van der Waals surface area contributed by atoms with Crippen LogP contribution in [-0.4, -0.2) is 17.8 Å². The predicted molar refractivity (Wildman–Crippen MR) is 52.9 cm³/mol. The molecular formula is C11H13NO2. The van der Waals surface area contributed by atoms with E-state index in [2.05, 4.69) is 6.07 Å². The van der Waals surface area contributed by atoms with Crippen LogP contribution in [0.15, 0.2) is 24.3 Å². The minimum Gasteiger partial charge on any atom is -0.491 e. The number of aliphatic hydroxyl groups is 1. The van der Waals surface area contributed by atoms with E-state index in [0.717, 1.165) is 5.56 Å². The van der Waals surface area contributed by atoms with Gasteiger partial charge in [-0.3, -0.25) is 0 Å². The first kappa shape index (κ1) is 10.6. The van der Waals surface area contributed by atoms with Gasteiger partial charge >= 0.3 is 0 Å². The SMILES string of the molecule is C[C@H](O)COc1ccc(CC#N)cc1. The molecule has 0 amide bonds. The lowest BCUT2D eigenvalue weighted by molar-refractivity contribution is 0.122. The van der Waals surface area contributed by atoms with Gasteiger partial charge in [0.25, 0.3) is 0 Å². The van der Waals surface area contributed by atoms with Gasteiger partial charge in [-0.1, -0.05) is 12.1 Å². The Morgan fingerprint density at radius 2 is 2.07 bits per heavy atom. The molecule has 0 aliphatic rings. The standard InChI is InChI=1S/C11H13NO2/c1-9(13)8-14-11-4-2-10(3-5-11)6-7-12/h2-5,9,13H,6,8H2,1H3/t9-/m0/s1. The maximum absolute atomic E-state index is 8.98. The number of nitriles is 1. The fourth-order valence-electron chi connectivity index (χ4n) is 1.01. The van der Waals surface area contributed by atoms with Gasteiger partial charge < -0.3 is 9.84 Å². The van der Waals surface area contributed by atoms with Crippen molar-refractivity contribution in [2.45, 2.75) is 19.4 Å². The minimum atomic E-state index is -0.464. The molecule has 0 heterocycles. The van der Waals surface area contributed by atoms with Crippen molar-refractivity contribution in [1.29, 1.82) is 5.26 Å². The van der Waals surface area contributed by atoms with Gasteiger partial charge in [0.05, 0.1) is 18.6 Å². The molecule has 0 fully saturated rings. The molecule has 0 spiro atoms. The highest BCUT2D eigenvalue weighted by molar-refractivity contribution is 5.28. The van der Waals surface area contributed by atoms with Crippen molar-refractivity contribution in [3.05, 3.63) is 29.8 Å². The van der Waals surface area contributed by atoms with E-state index in [-0.39, 0.29) is 6.61 Å². The second-order valence-corrected chi connectivity index (χ2v) is 3.14. The Kier molecular flexibility index (Phi) is 3.96. The minimum absolute atomic E-state index is 0.289. The quantitative estimate of drug-likeness (QED) is 0.784. The van der Waals surface area contributed by atoms with Crippen molar-refractivity contribution < 1.29 is 9.84 Å². The van der Waals surface area contributed by atoms with Crippen molar-refractivity contribution in [3.8, 4) is 11.8 Å². The van der Waals surface area contributed by atoms with Crippen LogP contribution >= 0.6 is 0 Å². The molecule has 1 rings (SSSR count). The van der Waals surface area contributed by atoms with Crippen LogP contribution in [0.5, 0.6) is 5.75 Å². The van der Waals surface area contributed by atoms with Crippen LogP contribution in [0.2, 0.25) is 0 Å². The van der Waals surface area contributed by atoms with Gasteiger partial charge in [0.2, 0.25) is 0 Å². The normalized spacial score (nSPS) is 11.8. The first-order valence-electron chi connectivity index (χ1n) is 4.49. The summed E-state index contributed by atoms with van der Waals surface area (Å²) in [7, 11) is 0. The number of benzene rings is 1. The second-order valence-electron chi connectivity index (χ2n) is 3.14. The summed E-state index contributed by atoms with van der Waals surface area (Å²) in [5, 5.41) is 17.4. The Hall–Kier alpha value is -1.53. The number of aliphatic hydroxyl groups excluding tert-OH is 1. The molecule has 1 N–H and O–H groups in total. The van der Waals surface area contributed by atoms with E-state index < -0.39 is 6.10 Å². The molecule has 1 aromatic carbocycles. The largest absolute Gasteiger partial charge is 0.491 e. The van der Waals surface area contributed by atoms with E-state index in [1.807, 2.05) is 12.1 Å². The van der Waals surface area contributed by atoms with Gasteiger partial charge in [0.15, 0.2) is 0 Å². The fraction of sp³-hybridized carbons (Fsp3) is 0.364. The monoisotopic (exact) mass is 191 g/mol. The van der Waals surface area contributed by atoms with Gasteiger partial charge in [-0.2, -0.15) is 5.26 Å². The van der Waals surface area contributed by atoms with Crippen molar-refractivity contribution >= 4 is 0 Å². The third-order valence-electron chi connectivity index (χ3n) is 1.70. The van der Waals surface area contributed by atoms with Crippen LogP contribution in [0.1, 0.15) is 12.5 Å². The maximum Gasteiger partial charge on any atom is 0.119 e. The summed E-state index contributed by atoms with van der Waals surface area (Å²) in [6.07, 6.45) is -0.0507. The Balaban J connectivity index is 2.52. The van der Waals surface area contributed by atoms with Crippen molar-refractivity contribution in [3.63, 3.8) is 0 Å². The molecule has 1 aromatic rings. The van der Waals surface area contributed by atoms with Crippen molar-refractivity contribution in [2.24, 2.45) is 0 Å². The lowest BCUT2D eigenvalue weighted by Crippen LogP contribution is -2.12. The lowest BCUT2D eigenvalue weighted by atomic mass is 10.2. The van der Waals surface area contributed by atoms with Crippen molar-refractivity contribution in [1.82, 2.24) is 0 Å². The van der Waals surface area contributed by atoms with E-state index >= 15 is 0 Å². The molecular weight excluding hydrogens is 178 g/mol. The first-order chi connectivity index (χ1) is 6.72. The summed E-state index contributed by atoms with van der Waals surface area (Å²) in [6.45, 7) is 1.96. The first-order valence-corrected chi connectivity index (χ1v) is 4.49. The fourth-order valence-corrected chi connectivity index (χ4v) is 1.01. The molecule has 0 radical (unpaired) electrons. The van der Waals surface area contributed by atoms with Gasteiger partial charge in [0.1, 0.15) is 12.4 Å². The number of rotatable bonds is 4. The maximum atomic E-state index is 8.98. The molecule has 3 heteroatoms. The van der Waals surface area contributed by atoms with E-state index in [1.54, 1.807) is 19.1 Å². The number of ether oxygens (including phenoxy) is 1. The average Bonchev–Trinajstić information content (AvgIpc) is 2.17. The predicted octanol–water partition coefficient (Wildman–Crippen LogP) is 1.51. The molecule has 0 aliphatic carbocycles. The van der Waals surface area contributed by atoms with Crippen molar-refractivity contribution in [2.75, 3.05) is 6.61 Å². The summed E-state index contributed by atoms with van der Waals surface area (Å²) in [5.41, 5.74) is 0.969. The topological polar surface area (TPSA) is 53.2 Å². The molecule has 0 bridgehead atoms. The van der Waals surface area contributed by atoms with Gasteiger partial charge in [-0.15, -0.1) is 0 Å². The zero-order valence-corrected chi connectivity index (χ0v) is 8.10. The third kappa shape index (κ3) is 3.46. The van der Waals surface area contributed by atoms with E-state index in [1.165, 1.54) is 0 Å². The molecule has 14 heavy (non-hydrogen) atoms. The summed E-state index contributed by atoms with van der Waals surface area (Å²) in [4.78, 5) is 0. The molecule has 3 nitrogen and oxygen atoms in total. The molecule has 0 aromatic heterocycles. The Morgan fingerprint density at radius 1 is 1.43 bits per heavy atom. The van der Waals surface area contributed by atoms with Crippen LogP contribution in [0, 0.1) is 11.3 Å². The zero-order valence-electron chi connectivity index (χ0n) is 8.10. The van der Waals surface area contributed by atoms with E-state index in [9.17, 15) is 0 Å². The van der Waals surface area contributed by atoms with Crippen LogP contribution in [0.25, 0.3) is 0 Å². The third-order valence-corrected chi connectivity index (χ3v) is 1.70. The van der Waals surface area contributed by atoms with E-state index in [4.69, 9.17) is 15.1 Å². The molecule has 74 valence electrons.